The number of fused-ring (bicyclic) bond motifs is 1. The van der Waals surface area contributed by atoms with E-state index in [1.807, 2.05) is 18.2 Å². The number of aliphatic imine (C=N–C) groups is 1. The number of hydrogen-bond acceptors (Lipinski definition) is 2. The summed E-state index contributed by atoms with van der Waals surface area (Å²) in [4.78, 5) is 14.2. The molecule has 16 heavy (non-hydrogen) atoms. The number of aromatic nitrogens is 1. The van der Waals surface area contributed by atoms with E-state index in [4.69, 9.17) is 0 Å². The smallest absolute Gasteiger partial charge is 0.242 e. The van der Waals surface area contributed by atoms with Crippen molar-refractivity contribution in [2.45, 2.75) is 26.8 Å². The molecule has 2 aromatic rings. The van der Waals surface area contributed by atoms with E-state index in [1.165, 1.54) is 5.56 Å². The van der Waals surface area contributed by atoms with Crippen LogP contribution in [0.4, 0.5) is 5.82 Å². The quantitative estimate of drug-likeness (QED) is 0.556. The Morgan fingerprint density at radius 2 is 2.12 bits per heavy atom. The molecule has 0 N–H and O–H groups in total. The van der Waals surface area contributed by atoms with Crippen LogP contribution in [-0.2, 0) is 4.79 Å². The largest absolute Gasteiger partial charge is 0.322 e. The standard InChI is InChI=1S/C13H14N2O/c1-9(2)15-12(14-8-16)7-11-6-4-5-10(3)13(11)15/h4-7,9H,1-3H3. The van der Waals surface area contributed by atoms with Crippen molar-refractivity contribution in [2.24, 2.45) is 4.99 Å². The summed E-state index contributed by atoms with van der Waals surface area (Å²) in [6.07, 6.45) is 1.61. The molecule has 2 rings (SSSR count). The van der Waals surface area contributed by atoms with Gasteiger partial charge in [0.1, 0.15) is 5.82 Å². The Kier molecular flexibility index (Phi) is 2.63. The third-order valence-corrected chi connectivity index (χ3v) is 2.72. The lowest BCUT2D eigenvalue weighted by Crippen LogP contribution is -2.00. The minimum Gasteiger partial charge on any atom is -0.322 e. The van der Waals surface area contributed by atoms with Crippen LogP contribution in [0.3, 0.4) is 0 Å². The number of benzene rings is 1. The van der Waals surface area contributed by atoms with Gasteiger partial charge < -0.3 is 4.57 Å². The van der Waals surface area contributed by atoms with Crippen LogP contribution in [0.5, 0.6) is 0 Å². The SMILES string of the molecule is Cc1cccc2cc(N=C=O)n(C(C)C)c12. The maximum Gasteiger partial charge on any atom is 0.242 e. The minimum absolute atomic E-state index is 0.269. The zero-order chi connectivity index (χ0) is 11.7. The second-order valence-electron chi connectivity index (χ2n) is 4.18. The third kappa shape index (κ3) is 1.55. The Morgan fingerprint density at radius 3 is 2.75 bits per heavy atom. The van der Waals surface area contributed by atoms with Gasteiger partial charge in [-0.15, -0.1) is 4.99 Å². The normalized spacial score (nSPS) is 10.8. The van der Waals surface area contributed by atoms with Crippen LogP contribution < -0.4 is 0 Å². The van der Waals surface area contributed by atoms with Crippen molar-refractivity contribution in [2.75, 3.05) is 0 Å². The number of rotatable bonds is 2. The monoisotopic (exact) mass is 214 g/mol. The summed E-state index contributed by atoms with van der Waals surface area (Å²) in [6.45, 7) is 6.22. The lowest BCUT2D eigenvalue weighted by atomic mass is 10.1. The second kappa shape index (κ2) is 3.95. The van der Waals surface area contributed by atoms with E-state index in [-0.39, 0.29) is 6.04 Å². The van der Waals surface area contributed by atoms with Crippen LogP contribution in [0.25, 0.3) is 10.9 Å². The maximum absolute atomic E-state index is 10.4. The first-order chi connectivity index (χ1) is 7.65. The molecule has 0 spiro atoms. The molecule has 82 valence electrons. The molecule has 0 amide bonds. The summed E-state index contributed by atoms with van der Waals surface area (Å²) < 4.78 is 2.07. The average molecular weight is 214 g/mol. The van der Waals surface area contributed by atoms with Gasteiger partial charge >= 0.3 is 0 Å². The second-order valence-corrected chi connectivity index (χ2v) is 4.18. The fourth-order valence-electron chi connectivity index (χ4n) is 2.11. The van der Waals surface area contributed by atoms with Gasteiger partial charge in [-0.2, -0.15) is 0 Å². The fourth-order valence-corrected chi connectivity index (χ4v) is 2.11. The number of isocyanates is 1. The van der Waals surface area contributed by atoms with Crippen LogP contribution >= 0.6 is 0 Å². The van der Waals surface area contributed by atoms with E-state index in [1.54, 1.807) is 6.08 Å². The van der Waals surface area contributed by atoms with Gasteiger partial charge in [0, 0.05) is 11.4 Å². The molecule has 0 bridgehead atoms. The summed E-state index contributed by atoms with van der Waals surface area (Å²) in [7, 11) is 0. The Labute approximate surface area is 94.4 Å². The van der Waals surface area contributed by atoms with Crippen LogP contribution in [0.15, 0.2) is 29.3 Å². The zero-order valence-corrected chi connectivity index (χ0v) is 9.69. The molecule has 3 nitrogen and oxygen atoms in total. The van der Waals surface area contributed by atoms with E-state index in [2.05, 4.69) is 36.4 Å². The molecule has 0 saturated heterocycles. The predicted octanol–water partition coefficient (Wildman–Crippen LogP) is 3.50. The van der Waals surface area contributed by atoms with Crippen molar-refractivity contribution in [3.8, 4) is 0 Å². The molecule has 1 aromatic carbocycles. The van der Waals surface area contributed by atoms with Gasteiger partial charge in [-0.1, -0.05) is 18.2 Å². The average Bonchev–Trinajstić information content (AvgIpc) is 2.58. The molecule has 0 aliphatic carbocycles. The Hall–Kier alpha value is -1.86. The highest BCUT2D eigenvalue weighted by Gasteiger charge is 2.12. The highest BCUT2D eigenvalue weighted by Crippen LogP contribution is 2.31. The van der Waals surface area contributed by atoms with Gasteiger partial charge in [0.15, 0.2) is 0 Å². The van der Waals surface area contributed by atoms with E-state index in [0.29, 0.717) is 5.82 Å². The van der Waals surface area contributed by atoms with E-state index < -0.39 is 0 Å². The number of nitrogens with zero attached hydrogens (tertiary/aromatic N) is 2. The van der Waals surface area contributed by atoms with Crippen molar-refractivity contribution >= 4 is 22.8 Å². The lowest BCUT2D eigenvalue weighted by molar-refractivity contribution is 0.563. The van der Waals surface area contributed by atoms with Crippen molar-refractivity contribution in [3.05, 3.63) is 29.8 Å². The molecular formula is C13H14N2O. The molecule has 0 fully saturated rings. The molecular weight excluding hydrogens is 200 g/mol. The van der Waals surface area contributed by atoms with Gasteiger partial charge in [-0.3, -0.25) is 0 Å². The summed E-state index contributed by atoms with van der Waals surface area (Å²) in [5, 5.41) is 1.11. The highest BCUT2D eigenvalue weighted by atomic mass is 16.1. The number of para-hydroxylation sites is 1. The first-order valence-electron chi connectivity index (χ1n) is 5.33. The van der Waals surface area contributed by atoms with Crippen molar-refractivity contribution in [3.63, 3.8) is 0 Å². The fraction of sp³-hybridized carbons (Fsp3) is 0.308. The van der Waals surface area contributed by atoms with Crippen molar-refractivity contribution in [1.29, 1.82) is 0 Å². The maximum atomic E-state index is 10.4. The van der Waals surface area contributed by atoms with Gasteiger partial charge in [-0.25, -0.2) is 4.79 Å². The van der Waals surface area contributed by atoms with E-state index in [9.17, 15) is 4.79 Å². The summed E-state index contributed by atoms with van der Waals surface area (Å²) in [5.74, 6) is 0.675. The zero-order valence-electron chi connectivity index (χ0n) is 9.69. The van der Waals surface area contributed by atoms with Crippen LogP contribution in [0.1, 0.15) is 25.5 Å². The Morgan fingerprint density at radius 1 is 1.38 bits per heavy atom. The van der Waals surface area contributed by atoms with E-state index >= 15 is 0 Å². The first kappa shape index (κ1) is 10.7. The molecule has 1 aromatic heterocycles. The molecule has 0 atom stereocenters. The van der Waals surface area contributed by atoms with Gasteiger partial charge in [0.25, 0.3) is 0 Å². The van der Waals surface area contributed by atoms with Crippen molar-refractivity contribution < 1.29 is 4.79 Å². The molecule has 0 aliphatic heterocycles. The highest BCUT2D eigenvalue weighted by molar-refractivity contribution is 5.87. The molecule has 1 heterocycles. The summed E-state index contributed by atoms with van der Waals surface area (Å²) in [6, 6.07) is 8.30. The van der Waals surface area contributed by atoms with Crippen LogP contribution in [0, 0.1) is 6.92 Å². The Balaban J connectivity index is 2.87. The predicted molar refractivity (Wildman–Crippen MR) is 64.8 cm³/mol. The number of aryl methyl sites for hydroxylation is 1. The topological polar surface area (TPSA) is 34.4 Å². The van der Waals surface area contributed by atoms with E-state index in [0.717, 1.165) is 10.9 Å². The van der Waals surface area contributed by atoms with Gasteiger partial charge in [-0.05, 0) is 32.4 Å². The number of carbonyl (C=O) groups excluding carboxylic acids is 1. The summed E-state index contributed by atoms with van der Waals surface area (Å²) in [5.41, 5.74) is 2.34. The molecule has 0 radical (unpaired) electrons. The minimum atomic E-state index is 0.269. The number of hydrogen-bond donors (Lipinski definition) is 0. The third-order valence-electron chi connectivity index (χ3n) is 2.72. The molecule has 0 unspecified atom stereocenters. The lowest BCUT2D eigenvalue weighted by Gasteiger charge is -2.12. The summed E-state index contributed by atoms with van der Waals surface area (Å²) >= 11 is 0. The van der Waals surface area contributed by atoms with Crippen LogP contribution in [0.2, 0.25) is 0 Å². The molecule has 3 heteroatoms. The molecule has 0 saturated carbocycles. The van der Waals surface area contributed by atoms with Crippen LogP contribution in [-0.4, -0.2) is 10.6 Å². The van der Waals surface area contributed by atoms with Gasteiger partial charge in [0.05, 0.1) is 5.52 Å². The molecule has 0 aliphatic rings. The first-order valence-corrected chi connectivity index (χ1v) is 5.33. The Bertz CT molecular complexity index is 575. The van der Waals surface area contributed by atoms with Crippen molar-refractivity contribution in [1.82, 2.24) is 4.57 Å². The van der Waals surface area contributed by atoms with Gasteiger partial charge in [0.2, 0.25) is 6.08 Å².